The minimum Gasteiger partial charge on any atom is -0.497 e. The lowest BCUT2D eigenvalue weighted by Crippen LogP contribution is -2.21. The van der Waals surface area contributed by atoms with Gasteiger partial charge in [-0.15, -0.1) is 0 Å². The Hall–Kier alpha value is -3.97. The Morgan fingerprint density at radius 1 is 0.906 bits per heavy atom. The Morgan fingerprint density at radius 2 is 1.62 bits per heavy atom. The van der Waals surface area contributed by atoms with Gasteiger partial charge in [-0.3, -0.25) is 9.36 Å². The smallest absolute Gasteiger partial charge is 0.266 e. The first-order chi connectivity index (χ1) is 15.7. The van der Waals surface area contributed by atoms with Crippen LogP contribution in [0.3, 0.4) is 0 Å². The molecule has 0 spiro atoms. The van der Waals surface area contributed by atoms with Crippen LogP contribution in [0.5, 0.6) is 5.75 Å². The summed E-state index contributed by atoms with van der Waals surface area (Å²) in [4.78, 5) is 24.2. The van der Waals surface area contributed by atoms with Gasteiger partial charge in [-0.25, -0.2) is 9.97 Å². The highest BCUT2D eigenvalue weighted by Crippen LogP contribution is 2.39. The number of methoxy groups -OCH3 is 1. The van der Waals surface area contributed by atoms with Gasteiger partial charge in [-0.2, -0.15) is 0 Å². The standard InChI is InChI=1S/C25H20N4O2S/c1-26-25-28-21(16-8-4-3-5-9-16)22(32-25)23-27-20-11-7-6-10-19(20)24(30)29(23)17-12-14-18(31-2)15-13-17/h3-15H,1-2H3,(H,26,28). The van der Waals surface area contributed by atoms with Crippen LogP contribution in [0.1, 0.15) is 0 Å². The molecule has 5 rings (SSSR count). The topological polar surface area (TPSA) is 69.0 Å². The number of fused-ring (bicyclic) bond motifs is 1. The van der Waals surface area contributed by atoms with Gasteiger partial charge in [0, 0.05) is 12.6 Å². The van der Waals surface area contributed by atoms with Gasteiger partial charge >= 0.3 is 0 Å². The van der Waals surface area contributed by atoms with Gasteiger partial charge in [-0.1, -0.05) is 53.8 Å². The van der Waals surface area contributed by atoms with Crippen LogP contribution in [0.15, 0.2) is 83.7 Å². The normalized spacial score (nSPS) is 10.9. The van der Waals surface area contributed by atoms with E-state index >= 15 is 0 Å². The molecule has 0 unspecified atom stereocenters. The molecule has 0 aliphatic heterocycles. The Labute approximate surface area is 188 Å². The molecule has 0 saturated heterocycles. The van der Waals surface area contributed by atoms with Gasteiger partial charge in [0.25, 0.3) is 5.56 Å². The van der Waals surface area contributed by atoms with E-state index in [1.807, 2.05) is 79.8 Å². The number of hydrogen-bond donors (Lipinski definition) is 1. The number of nitrogens with one attached hydrogen (secondary N) is 1. The highest BCUT2D eigenvalue weighted by Gasteiger charge is 2.22. The van der Waals surface area contributed by atoms with Crippen molar-refractivity contribution in [3.8, 4) is 33.4 Å². The molecule has 32 heavy (non-hydrogen) atoms. The van der Waals surface area contributed by atoms with E-state index in [0.29, 0.717) is 22.4 Å². The molecule has 0 fully saturated rings. The van der Waals surface area contributed by atoms with Gasteiger partial charge in [-0.05, 0) is 36.4 Å². The number of hydrogen-bond acceptors (Lipinski definition) is 6. The Bertz CT molecular complexity index is 1460. The van der Waals surface area contributed by atoms with E-state index in [0.717, 1.165) is 27.0 Å². The van der Waals surface area contributed by atoms with Crippen LogP contribution in [0.4, 0.5) is 5.13 Å². The molecule has 6 nitrogen and oxygen atoms in total. The third-order valence-corrected chi connectivity index (χ3v) is 6.27. The fraction of sp³-hybridized carbons (Fsp3) is 0.0800. The highest BCUT2D eigenvalue weighted by molar-refractivity contribution is 7.19. The van der Waals surface area contributed by atoms with Crippen LogP contribution in [-0.4, -0.2) is 28.7 Å². The van der Waals surface area contributed by atoms with Crippen molar-refractivity contribution < 1.29 is 4.74 Å². The quantitative estimate of drug-likeness (QED) is 0.405. The molecular formula is C25H20N4O2S. The fourth-order valence-corrected chi connectivity index (χ4v) is 4.55. The molecule has 3 aromatic carbocycles. The second kappa shape index (κ2) is 8.28. The van der Waals surface area contributed by atoms with Crippen molar-refractivity contribution in [2.75, 3.05) is 19.5 Å². The largest absolute Gasteiger partial charge is 0.497 e. The van der Waals surface area contributed by atoms with Crippen LogP contribution in [0, 0.1) is 0 Å². The van der Waals surface area contributed by atoms with Gasteiger partial charge < -0.3 is 10.1 Å². The Balaban J connectivity index is 1.85. The molecule has 0 aliphatic carbocycles. The van der Waals surface area contributed by atoms with E-state index in [2.05, 4.69) is 5.32 Å². The average molecular weight is 441 g/mol. The second-order valence-electron chi connectivity index (χ2n) is 7.10. The molecule has 0 bridgehead atoms. The lowest BCUT2D eigenvalue weighted by atomic mass is 10.1. The monoisotopic (exact) mass is 440 g/mol. The third-order valence-electron chi connectivity index (χ3n) is 5.20. The summed E-state index contributed by atoms with van der Waals surface area (Å²) >= 11 is 1.47. The number of nitrogens with zero attached hydrogens (tertiary/aromatic N) is 3. The summed E-state index contributed by atoms with van der Waals surface area (Å²) in [5.74, 6) is 1.27. The van der Waals surface area contributed by atoms with Gasteiger partial charge in [0.1, 0.15) is 10.6 Å². The van der Waals surface area contributed by atoms with Crippen molar-refractivity contribution >= 4 is 27.4 Å². The molecule has 0 aliphatic rings. The SMILES string of the molecule is CNc1nc(-c2ccccc2)c(-c2nc3ccccc3c(=O)n2-c2ccc(OC)cc2)s1. The Morgan fingerprint density at radius 3 is 2.34 bits per heavy atom. The molecule has 7 heteroatoms. The van der Waals surface area contributed by atoms with E-state index in [1.54, 1.807) is 17.7 Å². The number of anilines is 1. The number of aromatic nitrogens is 3. The lowest BCUT2D eigenvalue weighted by Gasteiger charge is -2.14. The summed E-state index contributed by atoms with van der Waals surface area (Å²) in [5.41, 5.74) is 2.97. The molecule has 0 amide bonds. The van der Waals surface area contributed by atoms with Crippen molar-refractivity contribution in [3.63, 3.8) is 0 Å². The summed E-state index contributed by atoms with van der Waals surface area (Å²) < 4.78 is 6.95. The molecule has 2 heterocycles. The van der Waals surface area contributed by atoms with Crippen LogP contribution in [0.25, 0.3) is 38.5 Å². The summed E-state index contributed by atoms with van der Waals surface area (Å²) in [6.07, 6.45) is 0. The second-order valence-corrected chi connectivity index (χ2v) is 8.10. The zero-order chi connectivity index (χ0) is 22.1. The maximum absolute atomic E-state index is 13.7. The number of rotatable bonds is 5. The van der Waals surface area contributed by atoms with Gasteiger partial charge in [0.2, 0.25) is 0 Å². The van der Waals surface area contributed by atoms with Gasteiger partial charge in [0.15, 0.2) is 11.0 Å². The van der Waals surface area contributed by atoms with Crippen molar-refractivity contribution in [2.24, 2.45) is 0 Å². The number of thiazole rings is 1. The molecular weight excluding hydrogens is 420 g/mol. The van der Waals surface area contributed by atoms with E-state index in [4.69, 9.17) is 14.7 Å². The van der Waals surface area contributed by atoms with Crippen molar-refractivity contribution in [3.05, 3.63) is 89.2 Å². The fourth-order valence-electron chi connectivity index (χ4n) is 3.63. The molecule has 0 radical (unpaired) electrons. The van der Waals surface area contributed by atoms with E-state index in [9.17, 15) is 4.79 Å². The van der Waals surface area contributed by atoms with Gasteiger partial charge in [0.05, 0.1) is 29.4 Å². The van der Waals surface area contributed by atoms with Crippen LogP contribution in [-0.2, 0) is 0 Å². The van der Waals surface area contributed by atoms with E-state index in [-0.39, 0.29) is 5.56 Å². The van der Waals surface area contributed by atoms with Crippen molar-refractivity contribution in [1.29, 1.82) is 0 Å². The highest BCUT2D eigenvalue weighted by atomic mass is 32.1. The molecule has 2 aromatic heterocycles. The predicted molar refractivity (Wildman–Crippen MR) is 130 cm³/mol. The maximum atomic E-state index is 13.7. The summed E-state index contributed by atoms with van der Waals surface area (Å²) in [6.45, 7) is 0. The van der Waals surface area contributed by atoms with Crippen LogP contribution < -0.4 is 15.6 Å². The summed E-state index contributed by atoms with van der Waals surface area (Å²) in [5, 5.41) is 4.44. The molecule has 0 saturated carbocycles. The molecule has 0 atom stereocenters. The van der Waals surface area contributed by atoms with E-state index < -0.39 is 0 Å². The zero-order valence-electron chi connectivity index (χ0n) is 17.6. The summed E-state index contributed by atoms with van der Waals surface area (Å²) in [7, 11) is 3.45. The lowest BCUT2D eigenvalue weighted by molar-refractivity contribution is 0.414. The minimum atomic E-state index is -0.130. The van der Waals surface area contributed by atoms with Crippen molar-refractivity contribution in [1.82, 2.24) is 14.5 Å². The van der Waals surface area contributed by atoms with Crippen LogP contribution in [0.2, 0.25) is 0 Å². The first-order valence-electron chi connectivity index (χ1n) is 10.1. The predicted octanol–water partition coefficient (Wildman–Crippen LogP) is 5.23. The maximum Gasteiger partial charge on any atom is 0.266 e. The first kappa shape index (κ1) is 20.0. The molecule has 158 valence electrons. The number of para-hydroxylation sites is 1. The number of ether oxygens (including phenoxy) is 1. The molecule has 1 N–H and O–H groups in total. The van der Waals surface area contributed by atoms with Crippen LogP contribution >= 0.6 is 11.3 Å². The minimum absolute atomic E-state index is 0.130. The van der Waals surface area contributed by atoms with E-state index in [1.165, 1.54) is 11.3 Å². The zero-order valence-corrected chi connectivity index (χ0v) is 18.4. The summed E-state index contributed by atoms with van der Waals surface area (Å²) in [6, 6.07) is 24.7. The Kier molecular flexibility index (Phi) is 5.17. The first-order valence-corrected chi connectivity index (χ1v) is 10.9. The third kappa shape index (κ3) is 3.42. The average Bonchev–Trinajstić information content (AvgIpc) is 3.29. The molecule has 5 aromatic rings. The van der Waals surface area contributed by atoms with Crippen molar-refractivity contribution in [2.45, 2.75) is 0 Å². The number of benzene rings is 3.